The molecule has 6 aromatic rings. The van der Waals surface area contributed by atoms with Crippen molar-refractivity contribution in [3.63, 3.8) is 0 Å². The van der Waals surface area contributed by atoms with E-state index in [1.807, 2.05) is 72.8 Å². The molecule has 0 radical (unpaired) electrons. The van der Waals surface area contributed by atoms with Crippen molar-refractivity contribution in [2.45, 2.75) is 9.92 Å². The minimum absolute atomic E-state index is 0.134. The Morgan fingerprint density at radius 1 is 0.788 bits per heavy atom. The van der Waals surface area contributed by atoms with Gasteiger partial charge in [0.15, 0.2) is 11.4 Å². The number of fused-ring (bicyclic) bond motifs is 3. The van der Waals surface area contributed by atoms with E-state index in [9.17, 15) is 5.11 Å². The highest BCUT2D eigenvalue weighted by molar-refractivity contribution is 7.99. The van der Waals surface area contributed by atoms with Crippen molar-refractivity contribution in [1.29, 1.82) is 0 Å². The third-order valence-corrected chi connectivity index (χ3v) is 6.27. The number of hydrogen-bond donors (Lipinski definition) is 1. The molecule has 1 N–H and O–H groups in total. The van der Waals surface area contributed by atoms with E-state index in [1.165, 1.54) is 0 Å². The Morgan fingerprint density at radius 3 is 2.52 bits per heavy atom. The van der Waals surface area contributed by atoms with E-state index in [2.05, 4.69) is 11.1 Å². The fraction of sp³-hybridized carbons (Fsp3) is 0. The Morgan fingerprint density at radius 2 is 1.64 bits per heavy atom. The number of para-hydroxylation sites is 2. The molecule has 6 heteroatoms. The van der Waals surface area contributed by atoms with Gasteiger partial charge in [0.05, 0.1) is 5.56 Å². The van der Waals surface area contributed by atoms with Crippen LogP contribution in [0.25, 0.3) is 44.7 Å². The number of nitrogens with zero attached hydrogens (tertiary/aromatic N) is 3. The second kappa shape index (κ2) is 8.07. The van der Waals surface area contributed by atoms with E-state index in [-0.39, 0.29) is 5.75 Å². The summed E-state index contributed by atoms with van der Waals surface area (Å²) in [5.41, 5.74) is 4.24. The Labute approximate surface area is 193 Å². The van der Waals surface area contributed by atoms with E-state index in [1.54, 1.807) is 30.1 Å². The van der Waals surface area contributed by atoms with Gasteiger partial charge in [-0.05, 0) is 48.5 Å². The van der Waals surface area contributed by atoms with E-state index < -0.39 is 0 Å². The molecule has 0 saturated heterocycles. The van der Waals surface area contributed by atoms with Crippen LogP contribution in [0.3, 0.4) is 0 Å². The van der Waals surface area contributed by atoms with Crippen molar-refractivity contribution in [3.8, 4) is 28.4 Å². The van der Waals surface area contributed by atoms with Gasteiger partial charge in [-0.2, -0.15) is 0 Å². The average molecular weight is 448 g/mol. The zero-order chi connectivity index (χ0) is 22.2. The molecule has 3 aromatic carbocycles. The first-order chi connectivity index (χ1) is 16.3. The molecular weight excluding hydrogens is 430 g/mol. The molecule has 33 heavy (non-hydrogen) atoms. The number of furan rings is 1. The standard InChI is InChI=1S/C27H17N3O2S/c31-21-12-3-1-10-19(21)27-29-24(26-25(30-27)20-11-2-4-13-22(20)32-26)17-8-7-9-18(16-17)33-23-14-5-6-15-28-23/h1-16,31H. The third-order valence-electron chi connectivity index (χ3n) is 5.33. The summed E-state index contributed by atoms with van der Waals surface area (Å²) in [6.45, 7) is 0. The van der Waals surface area contributed by atoms with Gasteiger partial charge in [0.1, 0.15) is 27.6 Å². The van der Waals surface area contributed by atoms with Crippen molar-refractivity contribution >= 4 is 33.8 Å². The van der Waals surface area contributed by atoms with Crippen molar-refractivity contribution in [3.05, 3.63) is 97.2 Å². The molecule has 0 aliphatic heterocycles. The summed E-state index contributed by atoms with van der Waals surface area (Å²) in [5, 5.41) is 12.3. The van der Waals surface area contributed by atoms with Gasteiger partial charge >= 0.3 is 0 Å². The number of aromatic hydroxyl groups is 1. The highest BCUT2D eigenvalue weighted by atomic mass is 32.2. The SMILES string of the molecule is Oc1ccccc1-c1nc(-c2cccc(Sc3ccccn3)c2)c2oc3ccccc3c2n1. The summed E-state index contributed by atoms with van der Waals surface area (Å²) in [5.74, 6) is 0.583. The van der Waals surface area contributed by atoms with Crippen LogP contribution in [0, 0.1) is 0 Å². The number of phenols is 1. The molecule has 0 spiro atoms. The highest BCUT2D eigenvalue weighted by Gasteiger charge is 2.19. The first kappa shape index (κ1) is 19.5. The fourth-order valence-electron chi connectivity index (χ4n) is 3.80. The molecule has 5 nitrogen and oxygen atoms in total. The van der Waals surface area contributed by atoms with E-state index in [0.717, 1.165) is 32.0 Å². The Hall–Kier alpha value is -4.16. The Kier molecular flexibility index (Phi) is 4.78. The molecular formula is C27H17N3O2S. The summed E-state index contributed by atoms with van der Waals surface area (Å²) >= 11 is 1.58. The molecule has 6 rings (SSSR count). The van der Waals surface area contributed by atoms with Gasteiger partial charge in [-0.15, -0.1) is 0 Å². The number of pyridine rings is 1. The van der Waals surface area contributed by atoms with Gasteiger partial charge in [-0.25, -0.2) is 15.0 Å². The average Bonchev–Trinajstić information content (AvgIpc) is 3.23. The number of phenolic OH excluding ortho intramolecular Hbond substituents is 1. The van der Waals surface area contributed by atoms with Crippen LogP contribution in [0.5, 0.6) is 5.75 Å². The number of aromatic nitrogens is 3. The van der Waals surface area contributed by atoms with Crippen LogP contribution < -0.4 is 0 Å². The van der Waals surface area contributed by atoms with Crippen molar-refractivity contribution < 1.29 is 9.52 Å². The summed E-state index contributed by atoms with van der Waals surface area (Å²) in [6.07, 6.45) is 1.78. The van der Waals surface area contributed by atoms with Crippen LogP contribution in [-0.2, 0) is 0 Å². The second-order valence-electron chi connectivity index (χ2n) is 7.49. The van der Waals surface area contributed by atoms with E-state index >= 15 is 0 Å². The molecule has 0 amide bonds. The molecule has 0 aliphatic rings. The van der Waals surface area contributed by atoms with Gasteiger partial charge in [0.25, 0.3) is 0 Å². The zero-order valence-corrected chi connectivity index (χ0v) is 18.2. The summed E-state index contributed by atoms with van der Waals surface area (Å²) < 4.78 is 6.21. The molecule has 0 bridgehead atoms. The van der Waals surface area contributed by atoms with Crippen molar-refractivity contribution in [2.75, 3.05) is 0 Å². The number of benzene rings is 3. The lowest BCUT2D eigenvalue weighted by atomic mass is 10.1. The maximum Gasteiger partial charge on any atom is 0.180 e. The predicted molar refractivity (Wildman–Crippen MR) is 130 cm³/mol. The van der Waals surface area contributed by atoms with Crippen molar-refractivity contribution in [1.82, 2.24) is 15.0 Å². The Balaban J connectivity index is 1.57. The summed E-state index contributed by atoms with van der Waals surface area (Å²) in [4.78, 5) is 15.1. The van der Waals surface area contributed by atoms with Crippen LogP contribution in [0.1, 0.15) is 0 Å². The molecule has 0 aliphatic carbocycles. The second-order valence-corrected chi connectivity index (χ2v) is 8.58. The molecule has 0 saturated carbocycles. The molecule has 158 valence electrons. The normalized spacial score (nSPS) is 11.3. The predicted octanol–water partition coefficient (Wildman–Crippen LogP) is 6.96. The monoisotopic (exact) mass is 447 g/mol. The van der Waals surface area contributed by atoms with Gasteiger partial charge in [-0.3, -0.25) is 0 Å². The Bertz CT molecular complexity index is 1610. The first-order valence-electron chi connectivity index (χ1n) is 10.4. The molecule has 0 atom stereocenters. The van der Waals surface area contributed by atoms with Gasteiger partial charge < -0.3 is 9.52 Å². The lowest BCUT2D eigenvalue weighted by molar-refractivity contribution is 0.477. The lowest BCUT2D eigenvalue weighted by Crippen LogP contribution is -1.94. The lowest BCUT2D eigenvalue weighted by Gasteiger charge is -2.08. The summed E-state index contributed by atoms with van der Waals surface area (Å²) in [7, 11) is 0. The van der Waals surface area contributed by atoms with Crippen molar-refractivity contribution in [2.24, 2.45) is 0 Å². The molecule has 3 aromatic heterocycles. The maximum atomic E-state index is 10.5. The molecule has 0 fully saturated rings. The zero-order valence-electron chi connectivity index (χ0n) is 17.3. The first-order valence-corrected chi connectivity index (χ1v) is 11.2. The van der Waals surface area contributed by atoms with Gasteiger partial charge in [0, 0.05) is 22.0 Å². The van der Waals surface area contributed by atoms with Crippen LogP contribution in [0.2, 0.25) is 0 Å². The molecule has 3 heterocycles. The van der Waals surface area contributed by atoms with Gasteiger partial charge in [-0.1, -0.05) is 54.2 Å². The smallest absolute Gasteiger partial charge is 0.180 e. The minimum atomic E-state index is 0.134. The highest BCUT2D eigenvalue weighted by Crippen LogP contribution is 2.38. The van der Waals surface area contributed by atoms with Crippen LogP contribution >= 0.6 is 11.8 Å². The van der Waals surface area contributed by atoms with Gasteiger partial charge in [0.2, 0.25) is 0 Å². The fourth-order valence-corrected chi connectivity index (χ4v) is 4.64. The third kappa shape index (κ3) is 3.60. The topological polar surface area (TPSA) is 72.0 Å². The summed E-state index contributed by atoms with van der Waals surface area (Å²) in [6, 6.07) is 28.9. The number of hydrogen-bond acceptors (Lipinski definition) is 6. The van der Waals surface area contributed by atoms with E-state index in [4.69, 9.17) is 14.4 Å². The van der Waals surface area contributed by atoms with Crippen LogP contribution in [0.4, 0.5) is 0 Å². The molecule has 0 unspecified atom stereocenters. The van der Waals surface area contributed by atoms with Crippen LogP contribution in [-0.4, -0.2) is 20.1 Å². The quantitative estimate of drug-likeness (QED) is 0.315. The number of rotatable bonds is 4. The van der Waals surface area contributed by atoms with Crippen LogP contribution in [0.15, 0.2) is 112 Å². The largest absolute Gasteiger partial charge is 0.507 e. The minimum Gasteiger partial charge on any atom is -0.507 e. The van der Waals surface area contributed by atoms with E-state index in [0.29, 0.717) is 22.7 Å². The maximum absolute atomic E-state index is 10.5.